The SMILES string of the molecule is CC[C@@H]1OC(CO)C/C(=C\OC)C1O. The van der Waals surface area contributed by atoms with Crippen molar-refractivity contribution in [3.8, 4) is 0 Å². The second-order valence-electron chi connectivity index (χ2n) is 3.46. The Bertz CT molecular complexity index is 202. The van der Waals surface area contributed by atoms with Crippen LogP contribution in [0.2, 0.25) is 0 Å². The van der Waals surface area contributed by atoms with Gasteiger partial charge in [0.05, 0.1) is 32.2 Å². The number of aliphatic hydroxyl groups excluding tert-OH is 2. The molecule has 0 saturated carbocycles. The summed E-state index contributed by atoms with van der Waals surface area (Å²) in [6, 6.07) is 0. The zero-order valence-corrected chi connectivity index (χ0v) is 8.64. The van der Waals surface area contributed by atoms with E-state index in [1.54, 1.807) is 13.4 Å². The van der Waals surface area contributed by atoms with Crippen LogP contribution in [-0.2, 0) is 9.47 Å². The Morgan fingerprint density at radius 3 is 2.86 bits per heavy atom. The fourth-order valence-corrected chi connectivity index (χ4v) is 1.69. The Morgan fingerprint density at radius 2 is 2.36 bits per heavy atom. The first-order valence-corrected chi connectivity index (χ1v) is 4.89. The van der Waals surface area contributed by atoms with Crippen molar-refractivity contribution in [3.63, 3.8) is 0 Å². The lowest BCUT2D eigenvalue weighted by molar-refractivity contribution is -0.107. The highest BCUT2D eigenvalue weighted by atomic mass is 16.5. The predicted molar refractivity (Wildman–Crippen MR) is 51.8 cm³/mol. The molecule has 4 heteroatoms. The first-order valence-electron chi connectivity index (χ1n) is 4.89. The summed E-state index contributed by atoms with van der Waals surface area (Å²) in [5.41, 5.74) is 0.796. The largest absolute Gasteiger partial charge is 0.504 e. The molecule has 1 aliphatic rings. The molecule has 0 amide bonds. The number of ether oxygens (including phenoxy) is 2. The molecule has 2 N–H and O–H groups in total. The molecule has 1 fully saturated rings. The second kappa shape index (κ2) is 5.34. The average Bonchev–Trinajstić information content (AvgIpc) is 2.21. The van der Waals surface area contributed by atoms with Crippen molar-refractivity contribution >= 4 is 0 Å². The fourth-order valence-electron chi connectivity index (χ4n) is 1.69. The monoisotopic (exact) mass is 202 g/mol. The Morgan fingerprint density at radius 1 is 1.64 bits per heavy atom. The van der Waals surface area contributed by atoms with E-state index in [9.17, 15) is 5.11 Å². The highest BCUT2D eigenvalue weighted by Gasteiger charge is 2.32. The van der Waals surface area contributed by atoms with E-state index in [1.807, 2.05) is 6.92 Å². The van der Waals surface area contributed by atoms with E-state index >= 15 is 0 Å². The first kappa shape index (κ1) is 11.5. The van der Waals surface area contributed by atoms with Crippen molar-refractivity contribution in [2.24, 2.45) is 0 Å². The molecule has 1 rings (SSSR count). The summed E-state index contributed by atoms with van der Waals surface area (Å²) in [4.78, 5) is 0. The van der Waals surface area contributed by atoms with Crippen LogP contribution in [0, 0.1) is 0 Å². The molecular formula is C10H18O4. The molecule has 0 aliphatic carbocycles. The molecule has 1 heterocycles. The summed E-state index contributed by atoms with van der Waals surface area (Å²) in [5, 5.41) is 18.8. The minimum absolute atomic E-state index is 0.0235. The van der Waals surface area contributed by atoms with Crippen molar-refractivity contribution in [3.05, 3.63) is 11.8 Å². The Hall–Kier alpha value is -0.580. The Kier molecular flexibility index (Phi) is 4.38. The summed E-state index contributed by atoms with van der Waals surface area (Å²) in [6.45, 7) is 1.92. The third-order valence-electron chi connectivity index (χ3n) is 2.44. The lowest BCUT2D eigenvalue weighted by Crippen LogP contribution is -2.41. The number of methoxy groups -OCH3 is 1. The number of rotatable bonds is 3. The van der Waals surface area contributed by atoms with Gasteiger partial charge in [-0.15, -0.1) is 0 Å². The molecule has 1 saturated heterocycles. The topological polar surface area (TPSA) is 58.9 Å². The first-order chi connectivity index (χ1) is 6.72. The number of hydrogen-bond donors (Lipinski definition) is 2. The van der Waals surface area contributed by atoms with Gasteiger partial charge in [-0.25, -0.2) is 0 Å². The van der Waals surface area contributed by atoms with E-state index in [0.717, 1.165) is 12.0 Å². The quantitative estimate of drug-likeness (QED) is 0.652. The van der Waals surface area contributed by atoms with Gasteiger partial charge < -0.3 is 19.7 Å². The van der Waals surface area contributed by atoms with Gasteiger partial charge in [0, 0.05) is 6.42 Å². The molecule has 0 aromatic rings. The van der Waals surface area contributed by atoms with Gasteiger partial charge >= 0.3 is 0 Å². The summed E-state index contributed by atoms with van der Waals surface area (Å²) >= 11 is 0. The van der Waals surface area contributed by atoms with Crippen LogP contribution in [0.1, 0.15) is 19.8 Å². The maximum atomic E-state index is 9.82. The minimum Gasteiger partial charge on any atom is -0.504 e. The van der Waals surface area contributed by atoms with Crippen LogP contribution in [-0.4, -0.2) is 42.2 Å². The van der Waals surface area contributed by atoms with Crippen LogP contribution < -0.4 is 0 Å². The van der Waals surface area contributed by atoms with Crippen molar-refractivity contribution in [2.45, 2.75) is 38.1 Å². The van der Waals surface area contributed by atoms with E-state index in [0.29, 0.717) is 6.42 Å². The van der Waals surface area contributed by atoms with Gasteiger partial charge in [0.25, 0.3) is 0 Å². The minimum atomic E-state index is -0.609. The second-order valence-corrected chi connectivity index (χ2v) is 3.46. The molecular weight excluding hydrogens is 184 g/mol. The molecule has 14 heavy (non-hydrogen) atoms. The van der Waals surface area contributed by atoms with Crippen LogP contribution in [0.4, 0.5) is 0 Å². The molecule has 2 unspecified atom stereocenters. The van der Waals surface area contributed by atoms with Crippen LogP contribution in [0.3, 0.4) is 0 Å². The lowest BCUT2D eigenvalue weighted by Gasteiger charge is -2.34. The van der Waals surface area contributed by atoms with E-state index in [1.165, 1.54) is 0 Å². The third kappa shape index (κ3) is 2.47. The highest BCUT2D eigenvalue weighted by Crippen LogP contribution is 2.26. The van der Waals surface area contributed by atoms with Gasteiger partial charge in [-0.05, 0) is 12.0 Å². The zero-order valence-electron chi connectivity index (χ0n) is 8.64. The molecule has 4 nitrogen and oxygen atoms in total. The average molecular weight is 202 g/mol. The van der Waals surface area contributed by atoms with Crippen molar-refractivity contribution in [1.29, 1.82) is 0 Å². The Balaban J connectivity index is 2.70. The zero-order chi connectivity index (χ0) is 10.6. The maximum absolute atomic E-state index is 9.82. The van der Waals surface area contributed by atoms with Crippen LogP contribution in [0.15, 0.2) is 11.8 Å². The predicted octanol–water partition coefficient (Wildman–Crippen LogP) is 0.437. The van der Waals surface area contributed by atoms with Gasteiger partial charge in [-0.2, -0.15) is 0 Å². The van der Waals surface area contributed by atoms with E-state index < -0.39 is 6.10 Å². The van der Waals surface area contributed by atoms with Crippen LogP contribution in [0.5, 0.6) is 0 Å². The van der Waals surface area contributed by atoms with E-state index in [-0.39, 0.29) is 18.8 Å². The van der Waals surface area contributed by atoms with Gasteiger partial charge in [-0.1, -0.05) is 6.92 Å². The number of aliphatic hydroxyl groups is 2. The third-order valence-corrected chi connectivity index (χ3v) is 2.44. The van der Waals surface area contributed by atoms with E-state index in [4.69, 9.17) is 14.6 Å². The molecule has 0 spiro atoms. The maximum Gasteiger partial charge on any atom is 0.104 e. The Labute approximate surface area is 84.1 Å². The smallest absolute Gasteiger partial charge is 0.104 e. The standard InChI is InChI=1S/C10H18O4/c1-3-9-10(12)7(6-13-2)4-8(5-11)14-9/h6,8-12H,3-5H2,1-2H3/b7-6+/t8?,9-,10?/m0/s1. The lowest BCUT2D eigenvalue weighted by atomic mass is 9.95. The molecule has 0 aromatic carbocycles. The summed E-state index contributed by atoms with van der Waals surface area (Å²) in [5.74, 6) is 0. The van der Waals surface area contributed by atoms with E-state index in [2.05, 4.69) is 0 Å². The van der Waals surface area contributed by atoms with Crippen LogP contribution >= 0.6 is 0 Å². The van der Waals surface area contributed by atoms with Crippen molar-refractivity contribution < 1.29 is 19.7 Å². The van der Waals surface area contributed by atoms with Gasteiger partial charge in [0.2, 0.25) is 0 Å². The highest BCUT2D eigenvalue weighted by molar-refractivity contribution is 5.11. The summed E-state index contributed by atoms with van der Waals surface area (Å²) in [7, 11) is 1.55. The summed E-state index contributed by atoms with van der Waals surface area (Å²) in [6.07, 6.45) is 1.73. The number of hydrogen-bond acceptors (Lipinski definition) is 4. The molecule has 3 atom stereocenters. The molecule has 1 aliphatic heterocycles. The van der Waals surface area contributed by atoms with Crippen LogP contribution in [0.25, 0.3) is 0 Å². The van der Waals surface area contributed by atoms with Gasteiger partial charge in [-0.3, -0.25) is 0 Å². The fraction of sp³-hybridized carbons (Fsp3) is 0.800. The molecule has 0 bridgehead atoms. The normalized spacial score (nSPS) is 36.0. The molecule has 82 valence electrons. The molecule has 0 aromatic heterocycles. The molecule has 0 radical (unpaired) electrons. The van der Waals surface area contributed by atoms with Crippen molar-refractivity contribution in [2.75, 3.05) is 13.7 Å². The van der Waals surface area contributed by atoms with Gasteiger partial charge in [0.1, 0.15) is 6.10 Å². The van der Waals surface area contributed by atoms with Crippen molar-refractivity contribution in [1.82, 2.24) is 0 Å². The summed E-state index contributed by atoms with van der Waals surface area (Å²) < 4.78 is 10.4. The van der Waals surface area contributed by atoms with Gasteiger partial charge in [0.15, 0.2) is 0 Å².